The highest BCUT2D eigenvalue weighted by Gasteiger charge is 2.37. The number of alkyl halides is 3. The van der Waals surface area contributed by atoms with Crippen molar-refractivity contribution in [2.45, 2.75) is 13.1 Å². The first-order valence-electron chi connectivity index (χ1n) is 10.1. The van der Waals surface area contributed by atoms with Crippen LogP contribution >= 0.6 is 0 Å². The first-order valence-corrected chi connectivity index (χ1v) is 10.1. The third-order valence-electron chi connectivity index (χ3n) is 5.32. The average Bonchev–Trinajstić information content (AvgIpc) is 2.82. The molecule has 0 spiro atoms. The lowest BCUT2D eigenvalue weighted by Crippen LogP contribution is -2.18. The van der Waals surface area contributed by atoms with Crippen LogP contribution in [0.4, 0.5) is 19.1 Å². The Kier molecular flexibility index (Phi) is 5.74. The van der Waals surface area contributed by atoms with E-state index in [0.717, 1.165) is 11.8 Å². The standard InChI is InChI=1S/C24H19F3N6O/c1-4-18-17(10-14-11-31-23(29-3)33-22(14)32-18)16-9-13(6-5-12(16)2)19-15(21(28)34)7-8-30-20(19)24(25,26)27/h4-11H,1H2,2-3H3,(H2,28,34)(H,29,31,32,33). The van der Waals surface area contributed by atoms with E-state index in [2.05, 4.69) is 31.8 Å². The lowest BCUT2D eigenvalue weighted by molar-refractivity contribution is -0.140. The first-order chi connectivity index (χ1) is 16.1. The number of hydrogen-bond acceptors (Lipinski definition) is 6. The molecule has 0 fully saturated rings. The maximum atomic E-state index is 13.8. The minimum Gasteiger partial charge on any atom is -0.366 e. The number of rotatable bonds is 5. The Balaban J connectivity index is 1.99. The van der Waals surface area contributed by atoms with Crippen molar-refractivity contribution in [2.24, 2.45) is 5.73 Å². The van der Waals surface area contributed by atoms with Crippen LogP contribution in [0.5, 0.6) is 0 Å². The predicted octanol–water partition coefficient (Wildman–Crippen LogP) is 4.86. The number of amides is 1. The second kappa shape index (κ2) is 8.54. The smallest absolute Gasteiger partial charge is 0.366 e. The van der Waals surface area contributed by atoms with E-state index in [1.807, 2.05) is 6.92 Å². The summed E-state index contributed by atoms with van der Waals surface area (Å²) >= 11 is 0. The number of nitrogens with zero attached hydrogens (tertiary/aromatic N) is 4. The van der Waals surface area contributed by atoms with Gasteiger partial charge in [-0.1, -0.05) is 18.7 Å². The summed E-state index contributed by atoms with van der Waals surface area (Å²) in [6.45, 7) is 5.64. The number of nitrogens with two attached hydrogens (primary N) is 1. The van der Waals surface area contributed by atoms with Crippen molar-refractivity contribution in [2.75, 3.05) is 12.4 Å². The molecule has 0 aliphatic rings. The molecule has 0 aliphatic heterocycles. The minimum absolute atomic E-state index is 0.145. The minimum atomic E-state index is -4.79. The van der Waals surface area contributed by atoms with Gasteiger partial charge >= 0.3 is 6.18 Å². The molecule has 4 aromatic rings. The number of aryl methyl sites for hydroxylation is 1. The van der Waals surface area contributed by atoms with E-state index in [0.29, 0.717) is 33.8 Å². The molecule has 1 amide bonds. The van der Waals surface area contributed by atoms with Crippen molar-refractivity contribution in [3.63, 3.8) is 0 Å². The molecule has 34 heavy (non-hydrogen) atoms. The van der Waals surface area contributed by atoms with Gasteiger partial charge in [-0.15, -0.1) is 0 Å². The normalized spacial score (nSPS) is 11.4. The Bertz CT molecular complexity index is 1450. The van der Waals surface area contributed by atoms with E-state index in [9.17, 15) is 18.0 Å². The maximum absolute atomic E-state index is 13.8. The fraction of sp³-hybridized carbons (Fsp3) is 0.125. The van der Waals surface area contributed by atoms with Gasteiger partial charge in [-0.05, 0) is 47.9 Å². The first kappa shape index (κ1) is 22.8. The van der Waals surface area contributed by atoms with E-state index in [1.54, 1.807) is 37.5 Å². The number of hydrogen-bond donors (Lipinski definition) is 2. The van der Waals surface area contributed by atoms with Crippen molar-refractivity contribution >= 4 is 29.0 Å². The predicted molar refractivity (Wildman–Crippen MR) is 124 cm³/mol. The van der Waals surface area contributed by atoms with E-state index in [4.69, 9.17) is 5.73 Å². The topological polar surface area (TPSA) is 107 Å². The largest absolute Gasteiger partial charge is 0.433 e. The van der Waals surface area contributed by atoms with Crippen LogP contribution in [0.2, 0.25) is 0 Å². The number of nitrogens with one attached hydrogen (secondary N) is 1. The van der Waals surface area contributed by atoms with Gasteiger partial charge in [-0.2, -0.15) is 18.2 Å². The van der Waals surface area contributed by atoms with Crippen LogP contribution in [0, 0.1) is 6.92 Å². The summed E-state index contributed by atoms with van der Waals surface area (Å²) in [6, 6.07) is 7.71. The molecule has 0 saturated heterocycles. The highest BCUT2D eigenvalue weighted by atomic mass is 19.4. The summed E-state index contributed by atoms with van der Waals surface area (Å²) in [5.41, 5.74) is 6.64. The number of primary amides is 1. The maximum Gasteiger partial charge on any atom is 0.433 e. The SMILES string of the molecule is C=Cc1nc2nc(NC)ncc2cc1-c1cc(-c2c(C(N)=O)ccnc2C(F)(F)F)ccc1C. The fourth-order valence-corrected chi connectivity index (χ4v) is 3.71. The molecule has 0 radical (unpaired) electrons. The molecule has 172 valence electrons. The van der Waals surface area contributed by atoms with Gasteiger partial charge in [-0.3, -0.25) is 9.78 Å². The number of fused-ring (bicyclic) bond motifs is 1. The summed E-state index contributed by atoms with van der Waals surface area (Å²) in [5.74, 6) is -0.585. The molecule has 4 rings (SSSR count). The molecule has 1 aromatic carbocycles. The average molecular weight is 464 g/mol. The van der Waals surface area contributed by atoms with Gasteiger partial charge < -0.3 is 11.1 Å². The summed E-state index contributed by atoms with van der Waals surface area (Å²) in [5, 5.41) is 3.48. The van der Waals surface area contributed by atoms with Gasteiger partial charge in [0.25, 0.3) is 0 Å². The molecule has 0 unspecified atom stereocenters. The molecule has 3 aromatic heterocycles. The van der Waals surface area contributed by atoms with Crippen LogP contribution in [0.3, 0.4) is 0 Å². The molecule has 0 aliphatic carbocycles. The zero-order valence-corrected chi connectivity index (χ0v) is 18.2. The molecular weight excluding hydrogens is 445 g/mol. The molecule has 7 nitrogen and oxygen atoms in total. The Hall–Kier alpha value is -4.34. The van der Waals surface area contributed by atoms with Crippen molar-refractivity contribution in [1.82, 2.24) is 19.9 Å². The number of pyridine rings is 2. The third-order valence-corrected chi connectivity index (χ3v) is 5.32. The van der Waals surface area contributed by atoms with E-state index < -0.39 is 17.8 Å². The van der Waals surface area contributed by atoms with Crippen LogP contribution in [0.1, 0.15) is 27.3 Å². The number of carbonyl (C=O) groups is 1. The lowest BCUT2D eigenvalue weighted by atomic mass is 9.91. The third kappa shape index (κ3) is 4.05. The highest BCUT2D eigenvalue weighted by molar-refractivity contribution is 6.01. The second-order valence-electron chi connectivity index (χ2n) is 7.46. The van der Waals surface area contributed by atoms with Crippen molar-refractivity contribution in [3.8, 4) is 22.3 Å². The molecule has 10 heteroatoms. The summed E-state index contributed by atoms with van der Waals surface area (Å²) < 4.78 is 41.3. The number of benzene rings is 1. The summed E-state index contributed by atoms with van der Waals surface area (Å²) in [6.07, 6.45) is -0.720. The quantitative estimate of drug-likeness (QED) is 0.437. The van der Waals surface area contributed by atoms with Crippen LogP contribution in [0.25, 0.3) is 39.4 Å². The summed E-state index contributed by atoms with van der Waals surface area (Å²) in [7, 11) is 1.69. The van der Waals surface area contributed by atoms with Crippen molar-refractivity contribution in [1.29, 1.82) is 0 Å². The van der Waals surface area contributed by atoms with Gasteiger partial charge in [0.2, 0.25) is 11.9 Å². The lowest BCUT2D eigenvalue weighted by Gasteiger charge is -2.17. The Morgan fingerprint density at radius 2 is 1.88 bits per heavy atom. The van der Waals surface area contributed by atoms with Crippen LogP contribution < -0.4 is 11.1 Å². The number of aromatic nitrogens is 4. The Labute approximate surface area is 192 Å². The van der Waals surface area contributed by atoms with E-state index in [1.165, 1.54) is 12.1 Å². The fourth-order valence-electron chi connectivity index (χ4n) is 3.71. The highest BCUT2D eigenvalue weighted by Crippen LogP contribution is 2.40. The zero-order valence-electron chi connectivity index (χ0n) is 18.2. The van der Waals surface area contributed by atoms with Gasteiger partial charge in [-0.25, -0.2) is 9.97 Å². The van der Waals surface area contributed by atoms with E-state index >= 15 is 0 Å². The molecule has 3 N–H and O–H groups in total. The van der Waals surface area contributed by atoms with Crippen molar-refractivity contribution < 1.29 is 18.0 Å². The molecular formula is C24H19F3N6O. The zero-order chi connectivity index (χ0) is 24.6. The van der Waals surface area contributed by atoms with Gasteiger partial charge in [0.1, 0.15) is 0 Å². The Morgan fingerprint density at radius 1 is 1.12 bits per heavy atom. The van der Waals surface area contributed by atoms with Crippen molar-refractivity contribution in [3.05, 3.63) is 71.8 Å². The second-order valence-corrected chi connectivity index (χ2v) is 7.46. The van der Waals surface area contributed by atoms with Crippen LogP contribution in [0.15, 0.2) is 49.3 Å². The summed E-state index contributed by atoms with van der Waals surface area (Å²) in [4.78, 5) is 28.6. The molecule has 3 heterocycles. The number of carbonyl (C=O) groups excluding carboxylic acids is 1. The molecule has 0 saturated carbocycles. The van der Waals surface area contributed by atoms with E-state index in [-0.39, 0.29) is 16.7 Å². The monoisotopic (exact) mass is 464 g/mol. The van der Waals surface area contributed by atoms with Gasteiger partial charge in [0.05, 0.1) is 11.3 Å². The number of halogens is 3. The molecule has 0 bridgehead atoms. The van der Waals surface area contributed by atoms with Gasteiger partial charge in [0, 0.05) is 36.0 Å². The Morgan fingerprint density at radius 3 is 2.53 bits per heavy atom. The molecule has 0 atom stereocenters. The van der Waals surface area contributed by atoms with Gasteiger partial charge in [0.15, 0.2) is 11.3 Å². The van der Waals surface area contributed by atoms with Crippen LogP contribution in [-0.2, 0) is 6.18 Å². The number of anilines is 1. The van der Waals surface area contributed by atoms with Crippen LogP contribution in [-0.4, -0.2) is 32.9 Å².